The first-order valence-corrected chi connectivity index (χ1v) is 18.0. The smallest absolute Gasteiger partial charge is 0.387 e. The lowest BCUT2D eigenvalue weighted by Crippen LogP contribution is -2.46. The maximum Gasteiger partial charge on any atom is 0.511 e. The molecule has 3 saturated heterocycles. The fraction of sp³-hybridized carbons (Fsp3) is 0.476. The van der Waals surface area contributed by atoms with Crippen LogP contribution in [0.3, 0.4) is 0 Å². The molecule has 0 radical (unpaired) electrons. The highest BCUT2D eigenvalue weighted by Crippen LogP contribution is 2.65. The average molecular weight is 742 g/mol. The van der Waals surface area contributed by atoms with Crippen LogP contribution in [0, 0.1) is 0 Å². The zero-order valence-electron chi connectivity index (χ0n) is 23.9. The Labute approximate surface area is 267 Å². The molecule has 24 nitrogen and oxygen atoms in total. The second kappa shape index (κ2) is 13.1. The summed E-state index contributed by atoms with van der Waals surface area (Å²) in [5.41, 5.74) is 11.3. The van der Waals surface area contributed by atoms with E-state index in [-0.39, 0.29) is 22.5 Å². The van der Waals surface area contributed by atoms with Crippen molar-refractivity contribution in [3.8, 4) is 0 Å². The molecule has 3 aliphatic heterocycles. The van der Waals surface area contributed by atoms with Gasteiger partial charge in [-0.2, -0.15) is 8.88 Å². The predicted molar refractivity (Wildman–Crippen MR) is 148 cm³/mol. The van der Waals surface area contributed by atoms with E-state index in [0.717, 1.165) is 17.2 Å². The average Bonchev–Trinajstić information content (AvgIpc) is 3.67. The van der Waals surface area contributed by atoms with E-state index >= 15 is 0 Å². The molecule has 3 aromatic rings. The molecule has 9 N–H and O–H groups in total. The molecule has 1 amide bonds. The molecule has 10 atom stereocenters. The highest BCUT2D eigenvalue weighted by atomic mass is 31.3. The molecule has 0 saturated carbocycles. The third kappa shape index (κ3) is 7.20. The fourth-order valence-electron chi connectivity index (χ4n) is 5.07. The van der Waals surface area contributed by atoms with Crippen LogP contribution in [-0.4, -0.2) is 100 Å². The number of aromatic nitrogens is 5. The minimum absolute atomic E-state index is 0.0211. The first-order valence-electron chi connectivity index (χ1n) is 13.5. The van der Waals surface area contributed by atoms with Crippen molar-refractivity contribution in [3.63, 3.8) is 0 Å². The van der Waals surface area contributed by atoms with E-state index in [4.69, 9.17) is 44.1 Å². The lowest BCUT2D eigenvalue weighted by Gasteiger charge is -2.22. The number of anilines is 1. The Bertz CT molecular complexity index is 1840. The Morgan fingerprint density at radius 3 is 2.69 bits per heavy atom. The normalized spacial score (nSPS) is 35.9. The highest BCUT2D eigenvalue weighted by molar-refractivity contribution is 7.61. The Morgan fingerprint density at radius 1 is 1.19 bits per heavy atom. The number of carbonyl (C=O) groups is 1. The van der Waals surface area contributed by atoms with Crippen LogP contribution in [0.15, 0.2) is 37.2 Å². The number of fused-ring (bicyclic) bond motifs is 2. The van der Waals surface area contributed by atoms with Crippen LogP contribution >= 0.6 is 23.5 Å². The Hall–Kier alpha value is -2.86. The summed E-state index contributed by atoms with van der Waals surface area (Å²) in [4.78, 5) is 57.8. The molecule has 3 aliphatic rings. The number of primary amides is 1. The molecule has 48 heavy (non-hydrogen) atoms. The molecule has 27 heteroatoms. The summed E-state index contributed by atoms with van der Waals surface area (Å²) in [5, 5.41) is 21.9. The van der Waals surface area contributed by atoms with Crippen LogP contribution < -0.4 is 16.0 Å². The third-order valence-corrected chi connectivity index (χ3v) is 10.5. The number of phosphoric ester groups is 2. The van der Waals surface area contributed by atoms with Gasteiger partial charge in [0.25, 0.3) is 12.1 Å². The van der Waals surface area contributed by atoms with Crippen LogP contribution in [-0.2, 0) is 50.6 Å². The number of nitrogen functional groups attached to an aromatic ring is 1. The topological polar surface area (TPSA) is 343 Å². The van der Waals surface area contributed by atoms with Gasteiger partial charge in [-0.25, -0.2) is 33.5 Å². The van der Waals surface area contributed by atoms with Gasteiger partial charge >= 0.3 is 23.5 Å². The summed E-state index contributed by atoms with van der Waals surface area (Å²) < 4.78 is 76.0. The van der Waals surface area contributed by atoms with Crippen molar-refractivity contribution < 1.29 is 84.9 Å². The second-order valence-corrected chi connectivity index (χ2v) is 14.7. The van der Waals surface area contributed by atoms with Crippen molar-refractivity contribution in [2.45, 2.75) is 49.1 Å². The maximum absolute atomic E-state index is 13.5. The number of aliphatic hydroxyl groups excluding tert-OH is 2. The summed E-state index contributed by atoms with van der Waals surface area (Å²) in [6.07, 6.45) is -7.88. The molecule has 0 bridgehead atoms. The minimum atomic E-state index is -5.32. The molecule has 3 aromatic heterocycles. The van der Waals surface area contributed by atoms with Gasteiger partial charge in [0.1, 0.15) is 41.8 Å². The van der Waals surface area contributed by atoms with Crippen molar-refractivity contribution in [2.75, 3.05) is 18.9 Å². The second-order valence-electron chi connectivity index (χ2n) is 10.4. The molecule has 262 valence electrons. The van der Waals surface area contributed by atoms with Crippen LogP contribution in [0.4, 0.5) is 5.82 Å². The van der Waals surface area contributed by atoms with Gasteiger partial charge in [-0.15, -0.1) is 4.67 Å². The van der Waals surface area contributed by atoms with Crippen LogP contribution in [0.5, 0.6) is 0 Å². The van der Waals surface area contributed by atoms with E-state index < -0.39 is 91.7 Å². The predicted octanol–water partition coefficient (Wildman–Crippen LogP) is -1.92. The summed E-state index contributed by atoms with van der Waals surface area (Å²) in [6.45, 7) is -1.76. The molecule has 0 aromatic carbocycles. The van der Waals surface area contributed by atoms with Gasteiger partial charge in [0.05, 0.1) is 19.5 Å². The zero-order valence-corrected chi connectivity index (χ0v) is 26.5. The number of hydrogen-bond acceptors (Lipinski definition) is 18. The number of rotatable bonds is 8. The molecule has 0 aliphatic carbocycles. The standard InChI is InChI=1S/C21H26N7O17P3/c22-17-12-19(25-7-24-17)28(8-26-12)21-16(43-46(32,33)34)13(29)10(40-21)5-39-48(37)44-42-15-11(6-38-47(35,36)45-48)41-20(14(15)30)27-3-1-2-9(4-27)18(23)31/h1-4,7-8,10-11,13-16,20-21,29-30H,5-6H2,(H6-,22,23,24,25,31,32,33,34,35,36)/p+1/t10-,11-,13-,14-,15-,16-,20-,21-,48+/m1/s1. The highest BCUT2D eigenvalue weighted by Gasteiger charge is 2.55. The van der Waals surface area contributed by atoms with Gasteiger partial charge in [0.15, 0.2) is 42.3 Å². The number of phosphoric acid groups is 3. The molecule has 3 fully saturated rings. The van der Waals surface area contributed by atoms with Crippen molar-refractivity contribution in [1.29, 1.82) is 0 Å². The largest absolute Gasteiger partial charge is 0.511 e. The van der Waals surface area contributed by atoms with Gasteiger partial charge in [-0.3, -0.25) is 22.9 Å². The molecular weight excluding hydrogens is 715 g/mol. The van der Waals surface area contributed by atoms with Crippen molar-refractivity contribution in [3.05, 3.63) is 42.7 Å². The summed E-state index contributed by atoms with van der Waals surface area (Å²) in [5.74, 6) is -0.824. The number of aliphatic hydroxyl groups is 2. The van der Waals surface area contributed by atoms with Crippen LogP contribution in [0.1, 0.15) is 22.8 Å². The number of nitrogens with zero attached hydrogens (tertiary/aromatic N) is 5. The molecular formula is C21H27N7O17P3+. The number of ether oxygens (including phenoxy) is 2. The van der Waals surface area contributed by atoms with Gasteiger partial charge in [0.2, 0.25) is 0 Å². The molecule has 0 spiro atoms. The first-order chi connectivity index (χ1) is 22.5. The van der Waals surface area contributed by atoms with Crippen molar-refractivity contribution in [1.82, 2.24) is 19.5 Å². The Balaban J connectivity index is 1.21. The van der Waals surface area contributed by atoms with Crippen molar-refractivity contribution >= 4 is 46.4 Å². The number of imidazole rings is 1. The molecule has 1 unspecified atom stereocenters. The maximum atomic E-state index is 13.5. The number of amides is 1. The van der Waals surface area contributed by atoms with Gasteiger partial charge in [0, 0.05) is 6.07 Å². The van der Waals surface area contributed by atoms with E-state index in [0.29, 0.717) is 0 Å². The first kappa shape index (κ1) is 35.0. The van der Waals surface area contributed by atoms with Gasteiger partial charge < -0.3 is 45.8 Å². The molecule has 6 heterocycles. The van der Waals surface area contributed by atoms with E-state index in [9.17, 15) is 43.4 Å². The Kier molecular flexibility index (Phi) is 9.56. The fourth-order valence-corrected chi connectivity index (χ4v) is 8.02. The summed E-state index contributed by atoms with van der Waals surface area (Å²) in [6, 6.07) is 2.84. The monoisotopic (exact) mass is 742 g/mol. The quantitative estimate of drug-likeness (QED) is 0.0751. The third-order valence-electron chi connectivity index (χ3n) is 7.19. The lowest BCUT2D eigenvalue weighted by molar-refractivity contribution is -0.766. The number of hydrogen-bond donors (Lipinski definition) is 7. The van der Waals surface area contributed by atoms with Gasteiger partial charge in [-0.1, -0.05) is 0 Å². The van der Waals surface area contributed by atoms with E-state index in [2.05, 4.69) is 19.3 Å². The van der Waals surface area contributed by atoms with Crippen LogP contribution in [0.2, 0.25) is 0 Å². The van der Waals surface area contributed by atoms with Crippen molar-refractivity contribution in [2.24, 2.45) is 5.73 Å². The number of carbonyl (C=O) groups excluding carboxylic acids is 1. The van der Waals surface area contributed by atoms with Crippen LogP contribution in [0.25, 0.3) is 11.2 Å². The number of nitrogens with two attached hydrogens (primary N) is 2. The Morgan fingerprint density at radius 2 is 1.96 bits per heavy atom. The molecule has 6 rings (SSSR count). The van der Waals surface area contributed by atoms with Gasteiger partial charge in [-0.05, 0) is 6.07 Å². The lowest BCUT2D eigenvalue weighted by atomic mass is 10.1. The zero-order chi connectivity index (χ0) is 34.6. The van der Waals surface area contributed by atoms with E-state index in [1.54, 1.807) is 0 Å². The van der Waals surface area contributed by atoms with E-state index in [1.807, 2.05) is 0 Å². The summed E-state index contributed by atoms with van der Waals surface area (Å²) in [7, 11) is -15.9. The SMILES string of the molecule is NC(=O)c1ccc[n+]([C@@H]2O[C@@H]3COP(=O)(O)O[P@@](=O)(OC[C@H]4O[C@@H](n5cnc6c(N)ncnc65)[C@H](OP(=O)(O)O)[C@@H]4O)OO[C@H]3[C@H]2O)c1. The minimum Gasteiger partial charge on any atom is -0.387 e. The van der Waals surface area contributed by atoms with E-state index in [1.165, 1.54) is 29.1 Å². The summed E-state index contributed by atoms with van der Waals surface area (Å²) >= 11 is 0. The number of pyridine rings is 1.